The molecule has 2 N–H and O–H groups in total. The highest BCUT2D eigenvalue weighted by molar-refractivity contribution is 8.01. The van der Waals surface area contributed by atoms with Crippen LogP contribution in [0.25, 0.3) is 0 Å². The van der Waals surface area contributed by atoms with E-state index in [1.165, 1.54) is 18.2 Å². The van der Waals surface area contributed by atoms with Crippen LogP contribution < -0.4 is 10.6 Å². The number of nitrogens with one attached hydrogen (secondary N) is 2. The van der Waals surface area contributed by atoms with Gasteiger partial charge >= 0.3 is 6.18 Å². The number of amides is 2. The molecule has 11 heteroatoms. The third-order valence-electron chi connectivity index (χ3n) is 3.24. The number of thioether (sulfide) groups is 1. The molecule has 0 spiro atoms. The van der Waals surface area contributed by atoms with Crippen LogP contribution in [0.5, 0.6) is 0 Å². The van der Waals surface area contributed by atoms with E-state index in [0.29, 0.717) is 15.9 Å². The van der Waals surface area contributed by atoms with Crippen molar-refractivity contribution >= 4 is 45.7 Å². The van der Waals surface area contributed by atoms with Gasteiger partial charge in [-0.3, -0.25) is 9.59 Å². The van der Waals surface area contributed by atoms with Gasteiger partial charge in [-0.05, 0) is 18.6 Å². The Balaban J connectivity index is 1.87. The van der Waals surface area contributed by atoms with Gasteiger partial charge in [0.1, 0.15) is 0 Å². The number of hydrogen-bond acceptors (Lipinski definition) is 6. The molecule has 1 aromatic carbocycles. The van der Waals surface area contributed by atoms with Crippen molar-refractivity contribution in [3.05, 3.63) is 29.8 Å². The molecule has 0 aliphatic carbocycles. The van der Waals surface area contributed by atoms with Crippen molar-refractivity contribution in [2.75, 3.05) is 16.4 Å². The maximum atomic E-state index is 12.9. The van der Waals surface area contributed by atoms with Gasteiger partial charge < -0.3 is 10.6 Å². The number of benzene rings is 1. The summed E-state index contributed by atoms with van der Waals surface area (Å²) in [6, 6.07) is 4.77. The Morgan fingerprint density at radius 2 is 1.89 bits per heavy atom. The maximum absolute atomic E-state index is 12.9. The molecule has 0 saturated heterocycles. The van der Waals surface area contributed by atoms with Gasteiger partial charge in [-0.2, -0.15) is 13.2 Å². The number of anilines is 2. The van der Waals surface area contributed by atoms with Crippen LogP contribution in [0.4, 0.5) is 24.0 Å². The lowest BCUT2D eigenvalue weighted by atomic mass is 10.1. The van der Waals surface area contributed by atoms with Crippen LogP contribution in [0.3, 0.4) is 0 Å². The van der Waals surface area contributed by atoms with Crippen molar-refractivity contribution in [1.82, 2.24) is 10.2 Å². The molecular formula is C16H17F3N4O2S2. The highest BCUT2D eigenvalue weighted by atomic mass is 32.2. The summed E-state index contributed by atoms with van der Waals surface area (Å²) in [6.07, 6.45) is -2.50. The monoisotopic (exact) mass is 418 g/mol. The number of para-hydroxylation sites is 1. The molecule has 2 aromatic rings. The molecule has 0 aliphatic rings. The molecule has 2 rings (SSSR count). The zero-order valence-corrected chi connectivity index (χ0v) is 15.9. The average molecular weight is 418 g/mol. The number of nitrogens with zero attached hydrogens (tertiary/aromatic N) is 2. The SMILES string of the molecule is CCCCC(=O)Nc1nnc(SCC(=O)Nc2ccccc2C(F)(F)F)s1. The Labute approximate surface area is 161 Å². The van der Waals surface area contributed by atoms with Crippen LogP contribution in [0, 0.1) is 0 Å². The van der Waals surface area contributed by atoms with E-state index in [9.17, 15) is 22.8 Å². The van der Waals surface area contributed by atoms with Crippen molar-refractivity contribution in [1.29, 1.82) is 0 Å². The predicted octanol–water partition coefficient (Wildman–Crippen LogP) is 4.42. The first-order valence-corrected chi connectivity index (χ1v) is 9.82. The molecule has 0 radical (unpaired) electrons. The second kappa shape index (κ2) is 9.70. The summed E-state index contributed by atoms with van der Waals surface area (Å²) in [6.45, 7) is 1.98. The second-order valence-electron chi connectivity index (χ2n) is 5.41. The molecule has 0 fully saturated rings. The van der Waals surface area contributed by atoms with Crippen molar-refractivity contribution in [2.24, 2.45) is 0 Å². The highest BCUT2D eigenvalue weighted by Gasteiger charge is 2.33. The van der Waals surface area contributed by atoms with Crippen LogP contribution >= 0.6 is 23.1 Å². The standard InChI is InChI=1S/C16H17F3N4O2S2/c1-2-3-8-12(24)21-14-22-23-15(27-14)26-9-13(25)20-11-7-5-4-6-10(11)16(17,18)19/h4-7H,2-3,8-9H2,1H3,(H,20,25)(H,21,22,24). The van der Waals surface area contributed by atoms with E-state index in [2.05, 4.69) is 20.8 Å². The fraction of sp³-hybridized carbons (Fsp3) is 0.375. The molecule has 0 unspecified atom stereocenters. The van der Waals surface area contributed by atoms with Gasteiger partial charge in [0.25, 0.3) is 0 Å². The van der Waals surface area contributed by atoms with Crippen LogP contribution in [0.1, 0.15) is 31.7 Å². The number of aromatic nitrogens is 2. The van der Waals surface area contributed by atoms with Crippen LogP contribution in [-0.2, 0) is 15.8 Å². The summed E-state index contributed by atoms with van der Waals surface area (Å²) < 4.78 is 39.2. The minimum absolute atomic E-state index is 0.134. The molecule has 0 bridgehead atoms. The fourth-order valence-corrected chi connectivity index (χ4v) is 3.56. The van der Waals surface area contributed by atoms with E-state index in [1.54, 1.807) is 0 Å². The third kappa shape index (κ3) is 6.83. The Hall–Kier alpha value is -2.14. The van der Waals surface area contributed by atoms with Gasteiger partial charge in [-0.25, -0.2) is 0 Å². The van der Waals surface area contributed by atoms with Gasteiger partial charge in [0, 0.05) is 6.42 Å². The average Bonchev–Trinajstić information content (AvgIpc) is 3.05. The van der Waals surface area contributed by atoms with Gasteiger partial charge in [0.15, 0.2) is 4.34 Å². The third-order valence-corrected chi connectivity index (χ3v) is 5.22. The minimum Gasteiger partial charge on any atom is -0.325 e. The summed E-state index contributed by atoms with van der Waals surface area (Å²) in [7, 11) is 0. The minimum atomic E-state index is -4.55. The number of unbranched alkanes of at least 4 members (excludes halogenated alkanes) is 1. The van der Waals surface area contributed by atoms with Crippen molar-refractivity contribution in [3.8, 4) is 0 Å². The Kier molecular flexibility index (Phi) is 7.60. The zero-order chi connectivity index (χ0) is 19.9. The van der Waals surface area contributed by atoms with Gasteiger partial charge in [-0.1, -0.05) is 48.6 Å². The lowest BCUT2D eigenvalue weighted by Crippen LogP contribution is -2.18. The first kappa shape index (κ1) is 21.2. The Bertz CT molecular complexity index is 796. The van der Waals surface area contributed by atoms with Crippen molar-refractivity contribution in [3.63, 3.8) is 0 Å². The normalized spacial score (nSPS) is 11.3. The van der Waals surface area contributed by atoms with E-state index in [4.69, 9.17) is 0 Å². The van der Waals surface area contributed by atoms with Crippen molar-refractivity contribution < 1.29 is 22.8 Å². The number of carbonyl (C=O) groups excluding carboxylic acids is 2. The molecule has 6 nitrogen and oxygen atoms in total. The first-order valence-electron chi connectivity index (χ1n) is 8.02. The molecule has 2 amide bonds. The van der Waals surface area contributed by atoms with E-state index >= 15 is 0 Å². The molecule has 0 aliphatic heterocycles. The summed E-state index contributed by atoms with van der Waals surface area (Å²) in [5.74, 6) is -0.892. The van der Waals surface area contributed by atoms with Gasteiger partial charge in [0.05, 0.1) is 17.0 Å². The summed E-state index contributed by atoms with van der Waals surface area (Å²) in [4.78, 5) is 23.6. The number of carbonyl (C=O) groups is 2. The first-order chi connectivity index (χ1) is 12.8. The fourth-order valence-electron chi connectivity index (χ4n) is 1.99. The number of hydrogen-bond donors (Lipinski definition) is 2. The van der Waals surface area contributed by atoms with E-state index in [-0.39, 0.29) is 17.3 Å². The second-order valence-corrected chi connectivity index (χ2v) is 7.61. The van der Waals surface area contributed by atoms with Crippen LogP contribution in [-0.4, -0.2) is 27.8 Å². The molecular weight excluding hydrogens is 401 g/mol. The number of alkyl halides is 3. The number of rotatable bonds is 8. The number of halogens is 3. The summed E-state index contributed by atoms with van der Waals surface area (Å²) in [5, 5.41) is 12.8. The van der Waals surface area contributed by atoms with Crippen molar-refractivity contribution in [2.45, 2.75) is 36.7 Å². The maximum Gasteiger partial charge on any atom is 0.418 e. The van der Waals surface area contributed by atoms with E-state index in [1.807, 2.05) is 6.92 Å². The summed E-state index contributed by atoms with van der Waals surface area (Å²) in [5.41, 5.74) is -1.20. The topological polar surface area (TPSA) is 84.0 Å². The van der Waals surface area contributed by atoms with Crippen LogP contribution in [0.15, 0.2) is 28.6 Å². The van der Waals surface area contributed by atoms with E-state index in [0.717, 1.165) is 42.0 Å². The van der Waals surface area contributed by atoms with E-state index < -0.39 is 17.6 Å². The van der Waals surface area contributed by atoms with Crippen LogP contribution in [0.2, 0.25) is 0 Å². The van der Waals surface area contributed by atoms with Gasteiger partial charge in [-0.15, -0.1) is 10.2 Å². The zero-order valence-electron chi connectivity index (χ0n) is 14.3. The largest absolute Gasteiger partial charge is 0.418 e. The predicted molar refractivity (Wildman–Crippen MR) is 98.9 cm³/mol. The Morgan fingerprint density at radius 3 is 2.59 bits per heavy atom. The molecule has 0 saturated carbocycles. The lowest BCUT2D eigenvalue weighted by molar-refractivity contribution is -0.137. The molecule has 27 heavy (non-hydrogen) atoms. The molecule has 1 aromatic heterocycles. The molecule has 1 heterocycles. The quantitative estimate of drug-likeness (QED) is 0.490. The van der Waals surface area contributed by atoms with Gasteiger partial charge in [0.2, 0.25) is 16.9 Å². The lowest BCUT2D eigenvalue weighted by Gasteiger charge is -2.13. The molecule has 0 atom stereocenters. The highest BCUT2D eigenvalue weighted by Crippen LogP contribution is 2.34. The molecule has 146 valence electrons. The summed E-state index contributed by atoms with van der Waals surface area (Å²) >= 11 is 2.13. The Morgan fingerprint density at radius 1 is 1.15 bits per heavy atom. The smallest absolute Gasteiger partial charge is 0.325 e.